The van der Waals surface area contributed by atoms with E-state index in [1.54, 1.807) is 24.3 Å². The Balaban J connectivity index is 2.42. The summed E-state index contributed by atoms with van der Waals surface area (Å²) < 4.78 is 1.37. The molecule has 1 heterocycles. The van der Waals surface area contributed by atoms with Gasteiger partial charge in [0.25, 0.3) is 0 Å². The number of hydrogen-bond acceptors (Lipinski definition) is 3. The average molecular weight is 260 g/mol. The maximum atomic E-state index is 11.2. The first-order valence-electron chi connectivity index (χ1n) is 5.62. The molecular formula is C13H12N2O4. The zero-order valence-electron chi connectivity index (χ0n) is 9.93. The number of nitrogens with zero attached hydrogens (tertiary/aromatic N) is 2. The van der Waals surface area contributed by atoms with Gasteiger partial charge < -0.3 is 14.8 Å². The Morgan fingerprint density at radius 1 is 1.21 bits per heavy atom. The van der Waals surface area contributed by atoms with Gasteiger partial charge in [-0.1, -0.05) is 30.3 Å². The van der Waals surface area contributed by atoms with Crippen molar-refractivity contribution < 1.29 is 19.8 Å². The van der Waals surface area contributed by atoms with E-state index < -0.39 is 24.4 Å². The van der Waals surface area contributed by atoms with Crippen LogP contribution in [0.4, 0.5) is 0 Å². The highest BCUT2D eigenvalue weighted by molar-refractivity contribution is 5.80. The number of aliphatic carboxylic acids is 2. The summed E-state index contributed by atoms with van der Waals surface area (Å²) in [5.74, 6) is -1.92. The molecule has 0 spiro atoms. The van der Waals surface area contributed by atoms with Crippen molar-refractivity contribution in [3.63, 3.8) is 0 Å². The Morgan fingerprint density at radius 3 is 2.47 bits per heavy atom. The van der Waals surface area contributed by atoms with Gasteiger partial charge in [0.05, 0.1) is 6.42 Å². The first-order valence-corrected chi connectivity index (χ1v) is 5.62. The molecule has 1 unspecified atom stereocenters. The van der Waals surface area contributed by atoms with Crippen molar-refractivity contribution in [1.82, 2.24) is 9.55 Å². The van der Waals surface area contributed by atoms with E-state index in [9.17, 15) is 9.59 Å². The number of rotatable bonds is 5. The molecule has 6 nitrogen and oxygen atoms in total. The first-order chi connectivity index (χ1) is 9.09. The second kappa shape index (κ2) is 5.34. The van der Waals surface area contributed by atoms with Gasteiger partial charge in [-0.15, -0.1) is 0 Å². The van der Waals surface area contributed by atoms with Crippen LogP contribution in [-0.4, -0.2) is 31.7 Å². The summed E-state index contributed by atoms with van der Waals surface area (Å²) in [4.78, 5) is 26.1. The monoisotopic (exact) mass is 260 g/mol. The third kappa shape index (κ3) is 2.79. The molecular weight excluding hydrogens is 248 g/mol. The van der Waals surface area contributed by atoms with Crippen LogP contribution >= 0.6 is 0 Å². The lowest BCUT2D eigenvalue weighted by Gasteiger charge is -2.14. The number of hydrogen-bond donors (Lipinski definition) is 2. The summed E-state index contributed by atoms with van der Waals surface area (Å²) in [6.45, 7) is 0. The SMILES string of the molecule is O=C(O)CC(C(=O)O)n1ccnc1-c1ccccc1. The Bertz CT molecular complexity index is 592. The van der Waals surface area contributed by atoms with Crippen LogP contribution in [0, 0.1) is 0 Å². The van der Waals surface area contributed by atoms with Crippen LogP contribution in [0.2, 0.25) is 0 Å². The number of carboxylic acid groups (broad SMARTS) is 2. The minimum Gasteiger partial charge on any atom is -0.481 e. The van der Waals surface area contributed by atoms with Crippen LogP contribution in [0.15, 0.2) is 42.7 Å². The predicted molar refractivity (Wildman–Crippen MR) is 66.6 cm³/mol. The lowest BCUT2D eigenvalue weighted by molar-refractivity contribution is -0.147. The van der Waals surface area contributed by atoms with Gasteiger partial charge in [-0.3, -0.25) is 4.79 Å². The number of benzene rings is 1. The molecule has 2 rings (SSSR count). The topological polar surface area (TPSA) is 92.4 Å². The van der Waals surface area contributed by atoms with E-state index in [1.807, 2.05) is 6.07 Å². The summed E-state index contributed by atoms with van der Waals surface area (Å²) in [6, 6.07) is 7.86. The molecule has 0 saturated heterocycles. The molecule has 2 aromatic rings. The zero-order chi connectivity index (χ0) is 13.8. The quantitative estimate of drug-likeness (QED) is 0.852. The maximum Gasteiger partial charge on any atom is 0.327 e. The molecule has 0 aliphatic rings. The molecule has 1 aromatic carbocycles. The van der Waals surface area contributed by atoms with Crippen molar-refractivity contribution in [2.45, 2.75) is 12.5 Å². The van der Waals surface area contributed by atoms with Gasteiger partial charge in [-0.05, 0) is 0 Å². The second-order valence-electron chi connectivity index (χ2n) is 3.98. The molecule has 2 N–H and O–H groups in total. The third-order valence-corrected chi connectivity index (χ3v) is 2.69. The Morgan fingerprint density at radius 2 is 1.89 bits per heavy atom. The van der Waals surface area contributed by atoms with Crippen molar-refractivity contribution in [3.8, 4) is 11.4 Å². The van der Waals surface area contributed by atoms with Gasteiger partial charge in [-0.2, -0.15) is 0 Å². The van der Waals surface area contributed by atoms with Crippen LogP contribution in [0.25, 0.3) is 11.4 Å². The highest BCUT2D eigenvalue weighted by atomic mass is 16.4. The normalized spacial score (nSPS) is 12.0. The van der Waals surface area contributed by atoms with Gasteiger partial charge in [0.2, 0.25) is 0 Å². The number of aromatic nitrogens is 2. The van der Waals surface area contributed by atoms with Crippen molar-refractivity contribution in [3.05, 3.63) is 42.7 Å². The molecule has 1 atom stereocenters. The van der Waals surface area contributed by atoms with Crippen molar-refractivity contribution in [1.29, 1.82) is 0 Å². The van der Waals surface area contributed by atoms with E-state index >= 15 is 0 Å². The highest BCUT2D eigenvalue weighted by Crippen LogP contribution is 2.23. The summed E-state index contributed by atoms with van der Waals surface area (Å²) >= 11 is 0. The highest BCUT2D eigenvalue weighted by Gasteiger charge is 2.25. The van der Waals surface area contributed by atoms with E-state index in [-0.39, 0.29) is 0 Å². The predicted octanol–water partition coefficient (Wildman–Crippen LogP) is 1.65. The van der Waals surface area contributed by atoms with Gasteiger partial charge in [-0.25, -0.2) is 9.78 Å². The number of carboxylic acids is 2. The lowest BCUT2D eigenvalue weighted by atomic mass is 10.1. The summed E-state index contributed by atoms with van der Waals surface area (Å²) in [6.07, 6.45) is 2.44. The fourth-order valence-electron chi connectivity index (χ4n) is 1.85. The van der Waals surface area contributed by atoms with Crippen molar-refractivity contribution >= 4 is 11.9 Å². The zero-order valence-corrected chi connectivity index (χ0v) is 9.93. The Hall–Kier alpha value is -2.63. The largest absolute Gasteiger partial charge is 0.481 e. The molecule has 0 amide bonds. The minimum atomic E-state index is -1.20. The van der Waals surface area contributed by atoms with E-state index in [2.05, 4.69) is 4.98 Å². The third-order valence-electron chi connectivity index (χ3n) is 2.69. The second-order valence-corrected chi connectivity index (χ2v) is 3.98. The molecule has 0 bridgehead atoms. The van der Waals surface area contributed by atoms with Crippen LogP contribution in [0.3, 0.4) is 0 Å². The van der Waals surface area contributed by atoms with E-state index in [1.165, 1.54) is 17.0 Å². The molecule has 0 fully saturated rings. The van der Waals surface area contributed by atoms with Crippen molar-refractivity contribution in [2.75, 3.05) is 0 Å². The fraction of sp³-hybridized carbons (Fsp3) is 0.154. The first kappa shape index (κ1) is 12.8. The molecule has 0 aliphatic heterocycles. The fourth-order valence-corrected chi connectivity index (χ4v) is 1.85. The lowest BCUT2D eigenvalue weighted by Crippen LogP contribution is -2.22. The van der Waals surface area contributed by atoms with E-state index in [0.717, 1.165) is 5.56 Å². The summed E-state index contributed by atoms with van der Waals surface area (Å²) in [5, 5.41) is 17.9. The van der Waals surface area contributed by atoms with Crippen molar-refractivity contribution in [2.24, 2.45) is 0 Å². The average Bonchev–Trinajstić information content (AvgIpc) is 2.85. The van der Waals surface area contributed by atoms with Gasteiger partial charge >= 0.3 is 11.9 Å². The molecule has 1 aromatic heterocycles. The maximum absolute atomic E-state index is 11.2. The van der Waals surface area contributed by atoms with Gasteiger partial charge in [0.15, 0.2) is 0 Å². The standard InChI is InChI=1S/C13H12N2O4/c16-11(17)8-10(13(18)19)15-7-6-14-12(15)9-4-2-1-3-5-9/h1-7,10H,8H2,(H,16,17)(H,18,19). The van der Waals surface area contributed by atoms with Crippen LogP contribution < -0.4 is 0 Å². The van der Waals surface area contributed by atoms with Crippen LogP contribution in [-0.2, 0) is 9.59 Å². The Kier molecular flexibility index (Phi) is 3.61. The molecule has 0 aliphatic carbocycles. The molecule has 0 radical (unpaired) electrons. The van der Waals surface area contributed by atoms with E-state index in [4.69, 9.17) is 10.2 Å². The smallest absolute Gasteiger partial charge is 0.327 e. The molecule has 6 heteroatoms. The number of carbonyl (C=O) groups is 2. The van der Waals surface area contributed by atoms with Gasteiger partial charge in [0.1, 0.15) is 11.9 Å². The molecule has 19 heavy (non-hydrogen) atoms. The Labute approximate surface area is 108 Å². The van der Waals surface area contributed by atoms with Crippen LogP contribution in [0.1, 0.15) is 12.5 Å². The number of imidazole rings is 1. The minimum absolute atomic E-state index is 0.439. The van der Waals surface area contributed by atoms with Gasteiger partial charge in [0, 0.05) is 18.0 Å². The molecule has 98 valence electrons. The van der Waals surface area contributed by atoms with E-state index in [0.29, 0.717) is 5.82 Å². The molecule has 0 saturated carbocycles. The summed E-state index contributed by atoms with van der Waals surface area (Å²) in [7, 11) is 0. The summed E-state index contributed by atoms with van der Waals surface area (Å²) in [5.41, 5.74) is 0.740. The van der Waals surface area contributed by atoms with Crippen LogP contribution in [0.5, 0.6) is 0 Å².